The van der Waals surface area contributed by atoms with E-state index in [0.717, 1.165) is 10.6 Å². The van der Waals surface area contributed by atoms with E-state index >= 15 is 0 Å². The van der Waals surface area contributed by atoms with Crippen LogP contribution in [0.4, 0.5) is 8.78 Å². The van der Waals surface area contributed by atoms with Gasteiger partial charge >= 0.3 is 0 Å². The minimum Gasteiger partial charge on any atom is -0.480 e. The lowest BCUT2D eigenvalue weighted by Crippen LogP contribution is -2.26. The van der Waals surface area contributed by atoms with Gasteiger partial charge in [0.2, 0.25) is 11.8 Å². The number of halogens is 2. The minimum absolute atomic E-state index is 0.0226. The molecule has 1 aliphatic rings. The first-order valence-electron chi connectivity index (χ1n) is 6.85. The van der Waals surface area contributed by atoms with Crippen LogP contribution in [-0.4, -0.2) is 32.4 Å². The van der Waals surface area contributed by atoms with Gasteiger partial charge in [-0.25, -0.2) is 8.78 Å². The molecule has 0 aromatic carbocycles. The molecule has 21 heavy (non-hydrogen) atoms. The molecule has 1 aliphatic carbocycles. The van der Waals surface area contributed by atoms with Gasteiger partial charge in [0.1, 0.15) is 5.69 Å². The highest BCUT2D eigenvalue weighted by atomic mass is 32.1. The van der Waals surface area contributed by atoms with Crippen molar-refractivity contribution in [1.29, 1.82) is 0 Å². The number of alkyl halides is 2. The molecule has 0 radical (unpaired) electrons. The van der Waals surface area contributed by atoms with Crippen LogP contribution in [0.1, 0.15) is 25.7 Å². The molecule has 1 saturated carbocycles. The second kappa shape index (κ2) is 5.67. The molecule has 5 nitrogen and oxygen atoms in total. The Morgan fingerprint density at radius 3 is 2.86 bits per heavy atom. The Morgan fingerprint density at radius 1 is 1.43 bits per heavy atom. The standard InChI is InChI=1S/C13H16F2N4OS/c1-20-12-6-11(21-17-12)10-8-19(18-16-10)7-9-2-4-13(14,15)5-3-9/h6,8-9H,2-5,7H2,1H3. The average Bonchev–Trinajstić information content (AvgIpc) is 3.09. The lowest BCUT2D eigenvalue weighted by atomic mass is 9.87. The van der Waals surface area contributed by atoms with E-state index in [1.54, 1.807) is 17.9 Å². The van der Waals surface area contributed by atoms with Crippen LogP contribution < -0.4 is 4.74 Å². The van der Waals surface area contributed by atoms with Crippen LogP contribution in [0.2, 0.25) is 0 Å². The van der Waals surface area contributed by atoms with E-state index in [4.69, 9.17) is 4.74 Å². The molecule has 3 rings (SSSR count). The van der Waals surface area contributed by atoms with Crippen molar-refractivity contribution in [3.8, 4) is 16.5 Å². The number of nitrogens with zero attached hydrogens (tertiary/aromatic N) is 4. The third-order valence-corrected chi connectivity index (χ3v) is 4.57. The molecular formula is C13H16F2N4OS. The maximum Gasteiger partial charge on any atom is 0.248 e. The molecular weight excluding hydrogens is 298 g/mol. The van der Waals surface area contributed by atoms with Gasteiger partial charge in [-0.05, 0) is 30.3 Å². The first-order chi connectivity index (χ1) is 10.1. The van der Waals surface area contributed by atoms with Crippen molar-refractivity contribution in [2.45, 2.75) is 38.2 Å². The smallest absolute Gasteiger partial charge is 0.248 e. The van der Waals surface area contributed by atoms with Crippen LogP contribution in [0.15, 0.2) is 12.3 Å². The molecule has 0 bridgehead atoms. The minimum atomic E-state index is -2.48. The summed E-state index contributed by atoms with van der Waals surface area (Å²) in [5.74, 6) is -1.68. The van der Waals surface area contributed by atoms with Crippen LogP contribution in [0.5, 0.6) is 5.88 Å². The fourth-order valence-electron chi connectivity index (χ4n) is 2.52. The highest BCUT2D eigenvalue weighted by Crippen LogP contribution is 2.36. The third kappa shape index (κ3) is 3.37. The largest absolute Gasteiger partial charge is 0.480 e. The molecule has 0 saturated heterocycles. The molecule has 0 amide bonds. The Labute approximate surface area is 125 Å². The first kappa shape index (κ1) is 14.4. The highest BCUT2D eigenvalue weighted by Gasteiger charge is 2.34. The molecule has 1 fully saturated rings. The summed E-state index contributed by atoms with van der Waals surface area (Å²) >= 11 is 1.30. The summed E-state index contributed by atoms with van der Waals surface area (Å²) in [7, 11) is 1.56. The summed E-state index contributed by atoms with van der Waals surface area (Å²) in [5, 5.41) is 8.18. The summed E-state index contributed by atoms with van der Waals surface area (Å²) in [6, 6.07) is 1.81. The molecule has 0 aliphatic heterocycles. The Balaban J connectivity index is 1.63. The summed E-state index contributed by atoms with van der Waals surface area (Å²) in [4.78, 5) is 0.883. The van der Waals surface area contributed by atoms with Crippen LogP contribution in [0.25, 0.3) is 10.6 Å². The molecule has 0 N–H and O–H groups in total. The van der Waals surface area contributed by atoms with Gasteiger partial charge in [-0.1, -0.05) is 5.21 Å². The summed E-state index contributed by atoms with van der Waals surface area (Å²) in [6.07, 6.45) is 2.86. The van der Waals surface area contributed by atoms with Crippen LogP contribution >= 0.6 is 11.5 Å². The van der Waals surface area contributed by atoms with Gasteiger partial charge in [0.25, 0.3) is 0 Å². The van der Waals surface area contributed by atoms with Gasteiger partial charge in [-0.2, -0.15) is 4.37 Å². The second-order valence-corrected chi connectivity index (χ2v) is 6.16. The van der Waals surface area contributed by atoms with Gasteiger partial charge in [-0.3, -0.25) is 4.68 Å². The Bertz CT molecular complexity index is 603. The zero-order chi connectivity index (χ0) is 14.9. The van der Waals surface area contributed by atoms with Gasteiger partial charge < -0.3 is 4.74 Å². The SMILES string of the molecule is COc1cc(-c2cn(CC3CCC(F)(F)CC3)nn2)sn1. The maximum atomic E-state index is 13.1. The Hall–Kier alpha value is -1.57. The molecule has 0 unspecified atom stereocenters. The van der Waals surface area contributed by atoms with E-state index < -0.39 is 5.92 Å². The van der Waals surface area contributed by atoms with Crippen molar-refractivity contribution < 1.29 is 13.5 Å². The topological polar surface area (TPSA) is 52.8 Å². The molecule has 2 aromatic heterocycles. The zero-order valence-corrected chi connectivity index (χ0v) is 12.4. The lowest BCUT2D eigenvalue weighted by Gasteiger charge is -2.27. The van der Waals surface area contributed by atoms with E-state index in [-0.39, 0.29) is 18.8 Å². The van der Waals surface area contributed by atoms with Crippen molar-refractivity contribution >= 4 is 11.5 Å². The molecule has 0 atom stereocenters. The van der Waals surface area contributed by atoms with Gasteiger partial charge in [0.05, 0.1) is 18.2 Å². The van der Waals surface area contributed by atoms with Crippen LogP contribution in [0.3, 0.4) is 0 Å². The molecule has 2 heterocycles. The molecule has 0 spiro atoms. The monoisotopic (exact) mass is 314 g/mol. The summed E-state index contributed by atoms with van der Waals surface area (Å²) in [6.45, 7) is 0.638. The van der Waals surface area contributed by atoms with Crippen molar-refractivity contribution in [1.82, 2.24) is 19.4 Å². The fraction of sp³-hybridized carbons (Fsp3) is 0.615. The number of rotatable bonds is 4. The summed E-state index contributed by atoms with van der Waals surface area (Å²) < 4.78 is 37.1. The van der Waals surface area contributed by atoms with E-state index in [1.165, 1.54) is 11.5 Å². The number of ether oxygens (including phenoxy) is 1. The van der Waals surface area contributed by atoms with Crippen molar-refractivity contribution in [2.24, 2.45) is 5.92 Å². The molecule has 8 heteroatoms. The number of aromatic nitrogens is 4. The van der Waals surface area contributed by atoms with Crippen LogP contribution in [-0.2, 0) is 6.54 Å². The average molecular weight is 314 g/mol. The van der Waals surface area contributed by atoms with E-state index in [1.807, 2.05) is 6.20 Å². The predicted octanol–water partition coefficient (Wildman–Crippen LogP) is 3.24. The van der Waals surface area contributed by atoms with E-state index in [2.05, 4.69) is 14.7 Å². The fourth-order valence-corrected chi connectivity index (χ4v) is 3.18. The van der Waals surface area contributed by atoms with Crippen molar-refractivity contribution in [3.05, 3.63) is 12.3 Å². The van der Waals surface area contributed by atoms with E-state index in [9.17, 15) is 8.78 Å². The predicted molar refractivity (Wildman–Crippen MR) is 74.6 cm³/mol. The van der Waals surface area contributed by atoms with Crippen molar-refractivity contribution in [2.75, 3.05) is 7.11 Å². The van der Waals surface area contributed by atoms with Gasteiger partial charge in [0, 0.05) is 25.5 Å². The van der Waals surface area contributed by atoms with E-state index in [0.29, 0.717) is 25.3 Å². The second-order valence-electron chi connectivity index (χ2n) is 5.36. The zero-order valence-electron chi connectivity index (χ0n) is 11.6. The normalized spacial score (nSPS) is 18.8. The number of hydrogen-bond acceptors (Lipinski definition) is 5. The molecule has 114 valence electrons. The highest BCUT2D eigenvalue weighted by molar-refractivity contribution is 7.09. The summed E-state index contributed by atoms with van der Waals surface area (Å²) in [5.41, 5.74) is 0.733. The number of hydrogen-bond donors (Lipinski definition) is 0. The lowest BCUT2D eigenvalue weighted by molar-refractivity contribution is -0.0476. The number of methoxy groups -OCH3 is 1. The van der Waals surface area contributed by atoms with Crippen molar-refractivity contribution in [3.63, 3.8) is 0 Å². The van der Waals surface area contributed by atoms with Crippen LogP contribution in [0, 0.1) is 5.92 Å². The first-order valence-corrected chi connectivity index (χ1v) is 7.62. The quantitative estimate of drug-likeness (QED) is 0.869. The van der Waals surface area contributed by atoms with Gasteiger partial charge in [-0.15, -0.1) is 5.10 Å². The molecule has 2 aromatic rings. The Morgan fingerprint density at radius 2 is 2.19 bits per heavy atom. The Kier molecular flexibility index (Phi) is 3.88. The third-order valence-electron chi connectivity index (χ3n) is 3.77. The van der Waals surface area contributed by atoms with Gasteiger partial charge in [0.15, 0.2) is 0 Å². The maximum absolute atomic E-state index is 13.1.